The summed E-state index contributed by atoms with van der Waals surface area (Å²) in [5.41, 5.74) is 0.0265. The first-order chi connectivity index (χ1) is 9.16. The second-order valence-electron chi connectivity index (χ2n) is 4.18. The van der Waals surface area contributed by atoms with Crippen molar-refractivity contribution in [3.8, 4) is 0 Å². The number of benzene rings is 1. The molecule has 1 N–H and O–H groups in total. The molecule has 0 radical (unpaired) electrons. The van der Waals surface area contributed by atoms with E-state index in [9.17, 15) is 23.3 Å². The summed E-state index contributed by atoms with van der Waals surface area (Å²) in [6.07, 6.45) is -0.344. The first-order valence-electron chi connectivity index (χ1n) is 5.59. The van der Waals surface area contributed by atoms with Gasteiger partial charge in [0.15, 0.2) is 0 Å². The van der Waals surface area contributed by atoms with Crippen LogP contribution in [0.25, 0.3) is 0 Å². The van der Waals surface area contributed by atoms with E-state index in [1.807, 2.05) is 0 Å². The number of hydrogen-bond donors (Lipinski definition) is 1. The molecule has 0 amide bonds. The minimum Gasteiger partial charge on any atom is -0.481 e. The molecule has 9 heteroatoms. The molecule has 0 atom stereocenters. The van der Waals surface area contributed by atoms with Crippen LogP contribution in [0.3, 0.4) is 0 Å². The molecule has 0 saturated carbocycles. The number of aryl methyl sites for hydroxylation is 1. The summed E-state index contributed by atoms with van der Waals surface area (Å²) in [6, 6.07) is 3.53. The van der Waals surface area contributed by atoms with Gasteiger partial charge >= 0.3 is 5.97 Å². The van der Waals surface area contributed by atoms with E-state index in [2.05, 4.69) is 0 Å². The number of nitrogens with zero attached hydrogens (tertiary/aromatic N) is 2. The van der Waals surface area contributed by atoms with E-state index < -0.39 is 20.9 Å². The van der Waals surface area contributed by atoms with E-state index in [1.54, 1.807) is 0 Å². The number of hydrogen-bond acceptors (Lipinski definition) is 5. The lowest BCUT2D eigenvalue weighted by Crippen LogP contribution is -2.29. The molecule has 0 unspecified atom stereocenters. The molecular weight excluding hydrogens is 288 g/mol. The van der Waals surface area contributed by atoms with Crippen LogP contribution < -0.4 is 0 Å². The molecule has 0 aliphatic carbocycles. The standard InChI is InChI=1S/C11H14N2O6S/c1-8-3-4-9(13(16)17)7-10(8)20(18,19)12(2)6-5-11(14)15/h3-4,7H,5-6H2,1-2H3,(H,14,15). The predicted molar refractivity (Wildman–Crippen MR) is 69.9 cm³/mol. The van der Waals surface area contributed by atoms with Gasteiger partial charge in [0, 0.05) is 25.7 Å². The highest BCUT2D eigenvalue weighted by molar-refractivity contribution is 7.89. The number of carboxylic acid groups (broad SMARTS) is 1. The normalized spacial score (nSPS) is 11.6. The van der Waals surface area contributed by atoms with Crippen molar-refractivity contribution in [3.63, 3.8) is 0 Å². The van der Waals surface area contributed by atoms with Crippen LogP contribution in [0.15, 0.2) is 23.1 Å². The Labute approximate surface area is 115 Å². The number of carbonyl (C=O) groups is 1. The molecule has 1 rings (SSSR count). The number of non-ortho nitro benzene ring substituents is 1. The van der Waals surface area contributed by atoms with E-state index in [1.165, 1.54) is 26.1 Å². The maximum Gasteiger partial charge on any atom is 0.304 e. The first-order valence-corrected chi connectivity index (χ1v) is 7.03. The van der Waals surface area contributed by atoms with Crippen molar-refractivity contribution in [3.05, 3.63) is 33.9 Å². The lowest BCUT2D eigenvalue weighted by Gasteiger charge is -2.17. The van der Waals surface area contributed by atoms with E-state index in [4.69, 9.17) is 5.11 Å². The average Bonchev–Trinajstić information content (AvgIpc) is 2.35. The van der Waals surface area contributed by atoms with E-state index in [0.29, 0.717) is 5.56 Å². The third-order valence-electron chi connectivity index (χ3n) is 2.71. The fraction of sp³-hybridized carbons (Fsp3) is 0.364. The highest BCUT2D eigenvalue weighted by atomic mass is 32.2. The van der Waals surface area contributed by atoms with Crippen LogP contribution >= 0.6 is 0 Å². The molecule has 0 heterocycles. The summed E-state index contributed by atoms with van der Waals surface area (Å²) in [5, 5.41) is 19.3. The Hall–Kier alpha value is -2.00. The van der Waals surface area contributed by atoms with Gasteiger partial charge in [-0.05, 0) is 12.5 Å². The smallest absolute Gasteiger partial charge is 0.304 e. The van der Waals surface area contributed by atoms with Crippen molar-refractivity contribution >= 4 is 21.7 Å². The van der Waals surface area contributed by atoms with Gasteiger partial charge in [-0.25, -0.2) is 12.7 Å². The third-order valence-corrected chi connectivity index (χ3v) is 4.71. The lowest BCUT2D eigenvalue weighted by molar-refractivity contribution is -0.385. The van der Waals surface area contributed by atoms with Crippen LogP contribution in [0.4, 0.5) is 5.69 Å². The molecule has 0 aliphatic heterocycles. The van der Waals surface area contributed by atoms with Crippen molar-refractivity contribution in [2.24, 2.45) is 0 Å². The molecule has 0 aliphatic rings. The monoisotopic (exact) mass is 302 g/mol. The van der Waals surface area contributed by atoms with Crippen molar-refractivity contribution in [2.75, 3.05) is 13.6 Å². The van der Waals surface area contributed by atoms with Crippen LogP contribution in [0.1, 0.15) is 12.0 Å². The van der Waals surface area contributed by atoms with Gasteiger partial charge in [0.05, 0.1) is 16.2 Å². The zero-order valence-electron chi connectivity index (χ0n) is 10.9. The SMILES string of the molecule is Cc1ccc([N+](=O)[O-])cc1S(=O)(=O)N(C)CCC(=O)O. The van der Waals surface area contributed by atoms with E-state index >= 15 is 0 Å². The quantitative estimate of drug-likeness (QED) is 0.618. The first kappa shape index (κ1) is 16.1. The summed E-state index contributed by atoms with van der Waals surface area (Å²) in [6.45, 7) is 1.31. The number of nitro benzene ring substituents is 1. The molecule has 20 heavy (non-hydrogen) atoms. The van der Waals surface area contributed by atoms with Gasteiger partial charge in [-0.3, -0.25) is 14.9 Å². The van der Waals surface area contributed by atoms with Crippen molar-refractivity contribution in [1.82, 2.24) is 4.31 Å². The predicted octanol–water partition coefficient (Wildman–Crippen LogP) is 0.998. The fourth-order valence-corrected chi connectivity index (χ4v) is 2.93. The highest BCUT2D eigenvalue weighted by Gasteiger charge is 2.25. The second-order valence-corrected chi connectivity index (χ2v) is 6.19. The molecule has 0 spiro atoms. The molecule has 0 fully saturated rings. The zero-order chi connectivity index (χ0) is 15.5. The van der Waals surface area contributed by atoms with Gasteiger partial charge in [0.2, 0.25) is 10.0 Å². The Balaban J connectivity index is 3.17. The Bertz CT molecular complexity index is 640. The fourth-order valence-electron chi connectivity index (χ4n) is 1.52. The largest absolute Gasteiger partial charge is 0.481 e. The second kappa shape index (κ2) is 5.97. The Morgan fingerprint density at radius 1 is 1.45 bits per heavy atom. The number of sulfonamides is 1. The summed E-state index contributed by atoms with van der Waals surface area (Å²) in [4.78, 5) is 20.3. The summed E-state index contributed by atoms with van der Waals surface area (Å²) in [7, 11) is -2.72. The Kier molecular flexibility index (Phi) is 4.79. The van der Waals surface area contributed by atoms with Gasteiger partial charge in [-0.1, -0.05) is 6.07 Å². The minimum absolute atomic E-state index is 0.195. The molecular formula is C11H14N2O6S. The molecule has 0 aromatic heterocycles. The van der Waals surface area contributed by atoms with Crippen molar-refractivity contribution < 1.29 is 23.2 Å². The summed E-state index contributed by atoms with van der Waals surface area (Å²) >= 11 is 0. The van der Waals surface area contributed by atoms with Crippen LogP contribution in [0, 0.1) is 17.0 Å². The van der Waals surface area contributed by atoms with Crippen LogP contribution in [-0.2, 0) is 14.8 Å². The molecule has 110 valence electrons. The van der Waals surface area contributed by atoms with Crippen molar-refractivity contribution in [1.29, 1.82) is 0 Å². The van der Waals surface area contributed by atoms with Crippen LogP contribution in [0.2, 0.25) is 0 Å². The molecule has 0 saturated heterocycles. The highest BCUT2D eigenvalue weighted by Crippen LogP contribution is 2.24. The lowest BCUT2D eigenvalue weighted by atomic mass is 10.2. The molecule has 1 aromatic carbocycles. The maximum absolute atomic E-state index is 12.3. The maximum atomic E-state index is 12.3. The zero-order valence-corrected chi connectivity index (χ0v) is 11.8. The van der Waals surface area contributed by atoms with Crippen LogP contribution in [-0.4, -0.2) is 42.3 Å². The number of aliphatic carboxylic acids is 1. The van der Waals surface area contributed by atoms with Gasteiger partial charge in [0.1, 0.15) is 0 Å². The topological polar surface area (TPSA) is 118 Å². The van der Waals surface area contributed by atoms with Gasteiger partial charge in [0.25, 0.3) is 5.69 Å². The van der Waals surface area contributed by atoms with Gasteiger partial charge < -0.3 is 5.11 Å². The molecule has 0 bridgehead atoms. The van der Waals surface area contributed by atoms with Gasteiger partial charge in [-0.15, -0.1) is 0 Å². The average molecular weight is 302 g/mol. The van der Waals surface area contributed by atoms with E-state index in [0.717, 1.165) is 10.4 Å². The Morgan fingerprint density at radius 2 is 2.05 bits per heavy atom. The van der Waals surface area contributed by atoms with Crippen LogP contribution in [0.5, 0.6) is 0 Å². The molecule has 1 aromatic rings. The van der Waals surface area contributed by atoms with Gasteiger partial charge in [-0.2, -0.15) is 0 Å². The van der Waals surface area contributed by atoms with E-state index in [-0.39, 0.29) is 23.5 Å². The number of nitro groups is 1. The number of carboxylic acids is 1. The summed E-state index contributed by atoms with van der Waals surface area (Å²) < 4.78 is 25.4. The van der Waals surface area contributed by atoms with Crippen molar-refractivity contribution in [2.45, 2.75) is 18.2 Å². The minimum atomic E-state index is -3.96. The molecule has 8 nitrogen and oxygen atoms in total. The summed E-state index contributed by atoms with van der Waals surface area (Å²) in [5.74, 6) is -1.12. The third kappa shape index (κ3) is 3.52. The number of rotatable bonds is 6. The Morgan fingerprint density at radius 3 is 2.55 bits per heavy atom.